The van der Waals surface area contributed by atoms with Gasteiger partial charge in [-0.05, 0) is 37.1 Å². The van der Waals surface area contributed by atoms with Gasteiger partial charge in [0.2, 0.25) is 5.91 Å². The number of hydrogen-bond donors (Lipinski definition) is 1. The van der Waals surface area contributed by atoms with E-state index in [0.717, 1.165) is 11.1 Å². The molecule has 4 rings (SSSR count). The van der Waals surface area contributed by atoms with Crippen molar-refractivity contribution in [3.05, 3.63) is 53.7 Å². The molecule has 0 unspecified atom stereocenters. The summed E-state index contributed by atoms with van der Waals surface area (Å²) in [5, 5.41) is 22.5. The van der Waals surface area contributed by atoms with Crippen molar-refractivity contribution in [3.63, 3.8) is 0 Å². The molecule has 0 bridgehead atoms. The average molecular weight is 441 g/mol. The zero-order chi connectivity index (χ0) is 23.4. The molecule has 1 aromatic heterocycles. The van der Waals surface area contributed by atoms with E-state index in [-0.39, 0.29) is 11.8 Å². The Morgan fingerprint density at radius 3 is 2.48 bits per heavy atom. The van der Waals surface area contributed by atoms with Crippen molar-refractivity contribution in [1.82, 2.24) is 4.98 Å². The van der Waals surface area contributed by atoms with E-state index in [9.17, 15) is 10.1 Å². The van der Waals surface area contributed by atoms with Crippen molar-refractivity contribution < 1.29 is 14.3 Å². The Morgan fingerprint density at radius 2 is 1.82 bits per heavy atom. The van der Waals surface area contributed by atoms with Crippen LogP contribution in [-0.4, -0.2) is 38.2 Å². The van der Waals surface area contributed by atoms with Gasteiger partial charge < -0.3 is 19.7 Å². The molecule has 1 amide bonds. The summed E-state index contributed by atoms with van der Waals surface area (Å²) in [7, 11) is 3.14. The van der Waals surface area contributed by atoms with E-state index in [2.05, 4.69) is 27.3 Å². The summed E-state index contributed by atoms with van der Waals surface area (Å²) in [6.45, 7) is 1.25. The Kier molecular flexibility index (Phi) is 6.28. The molecule has 33 heavy (non-hydrogen) atoms. The first-order valence-electron chi connectivity index (χ1n) is 10.6. The first kappa shape index (κ1) is 21.9. The molecule has 0 spiro atoms. The Hall–Kier alpha value is -4.30. The Labute approximate surface area is 192 Å². The van der Waals surface area contributed by atoms with Gasteiger partial charge in [-0.3, -0.25) is 9.78 Å². The van der Waals surface area contributed by atoms with Crippen molar-refractivity contribution >= 4 is 28.2 Å². The minimum Gasteiger partial charge on any atom is -0.493 e. The second-order valence-electron chi connectivity index (χ2n) is 7.80. The standard InChI is InChI=1S/C25H23N5O3/c1-32-22-11-20-21(12-23(22)33-2)28-15-18(14-27)24(20)30-8-6-17(7-9-30)25(31)29-19-5-3-4-16(10-19)13-26/h3-5,10-12,15,17H,6-9H2,1-2H3,(H,29,31). The topological polar surface area (TPSA) is 111 Å². The normalized spacial score (nSPS) is 13.8. The van der Waals surface area contributed by atoms with E-state index in [1.165, 1.54) is 0 Å². The molecule has 3 aromatic rings. The van der Waals surface area contributed by atoms with E-state index >= 15 is 0 Å². The number of nitrogens with one attached hydrogen (secondary N) is 1. The van der Waals surface area contributed by atoms with Crippen LogP contribution in [0, 0.1) is 28.6 Å². The molecule has 0 saturated carbocycles. The van der Waals surface area contributed by atoms with E-state index in [1.807, 2.05) is 6.07 Å². The van der Waals surface area contributed by atoms with Crippen LogP contribution in [0.5, 0.6) is 11.5 Å². The minimum atomic E-state index is -0.153. The van der Waals surface area contributed by atoms with Crippen LogP contribution >= 0.6 is 0 Å². The molecule has 1 aliphatic rings. The fourth-order valence-electron chi connectivity index (χ4n) is 4.20. The van der Waals surface area contributed by atoms with Crippen LogP contribution in [0.15, 0.2) is 42.6 Å². The summed E-state index contributed by atoms with van der Waals surface area (Å²) in [6.07, 6.45) is 2.86. The minimum absolute atomic E-state index is 0.0590. The van der Waals surface area contributed by atoms with Gasteiger partial charge in [-0.15, -0.1) is 0 Å². The zero-order valence-corrected chi connectivity index (χ0v) is 18.5. The van der Waals surface area contributed by atoms with Gasteiger partial charge in [0, 0.05) is 42.3 Å². The molecule has 1 fully saturated rings. The summed E-state index contributed by atoms with van der Waals surface area (Å²) in [5.41, 5.74) is 3.10. The second-order valence-corrected chi connectivity index (χ2v) is 7.80. The molecule has 2 heterocycles. The summed E-state index contributed by atoms with van der Waals surface area (Å²) in [4.78, 5) is 19.4. The number of nitrogens with zero attached hydrogens (tertiary/aromatic N) is 4. The Bertz CT molecular complexity index is 1280. The molecule has 1 saturated heterocycles. The number of carbonyl (C=O) groups is 1. The predicted molar refractivity (Wildman–Crippen MR) is 124 cm³/mol. The number of aromatic nitrogens is 1. The zero-order valence-electron chi connectivity index (χ0n) is 18.5. The molecule has 0 atom stereocenters. The van der Waals surface area contributed by atoms with Crippen molar-refractivity contribution in [1.29, 1.82) is 10.5 Å². The Morgan fingerprint density at radius 1 is 1.09 bits per heavy atom. The molecule has 0 aliphatic carbocycles. The van der Waals surface area contributed by atoms with E-state index in [4.69, 9.17) is 14.7 Å². The highest BCUT2D eigenvalue weighted by molar-refractivity contribution is 5.97. The second kappa shape index (κ2) is 9.46. The van der Waals surface area contributed by atoms with Crippen LogP contribution in [0.1, 0.15) is 24.0 Å². The van der Waals surface area contributed by atoms with Crippen LogP contribution in [-0.2, 0) is 4.79 Å². The van der Waals surface area contributed by atoms with E-state index in [0.29, 0.717) is 59.8 Å². The van der Waals surface area contributed by atoms with Crippen LogP contribution < -0.4 is 19.7 Å². The molecular weight excluding hydrogens is 418 g/mol. The lowest BCUT2D eigenvalue weighted by Crippen LogP contribution is -2.38. The fraction of sp³-hybridized carbons (Fsp3) is 0.280. The number of amides is 1. The number of benzene rings is 2. The van der Waals surface area contributed by atoms with Crippen molar-refractivity contribution in [3.8, 4) is 23.6 Å². The van der Waals surface area contributed by atoms with Crippen LogP contribution in [0.2, 0.25) is 0 Å². The van der Waals surface area contributed by atoms with Crippen LogP contribution in [0.4, 0.5) is 11.4 Å². The van der Waals surface area contributed by atoms with Gasteiger partial charge in [0.15, 0.2) is 11.5 Å². The average Bonchev–Trinajstić information content (AvgIpc) is 2.87. The first-order chi connectivity index (χ1) is 16.1. The SMILES string of the molecule is COc1cc2ncc(C#N)c(N3CCC(C(=O)Nc4cccc(C#N)c4)CC3)c2cc1OC. The third-order valence-electron chi connectivity index (χ3n) is 5.91. The maximum absolute atomic E-state index is 12.8. The largest absolute Gasteiger partial charge is 0.493 e. The van der Waals surface area contributed by atoms with Crippen molar-refractivity contribution in [2.75, 3.05) is 37.5 Å². The van der Waals surface area contributed by atoms with Gasteiger partial charge in [-0.2, -0.15) is 10.5 Å². The number of anilines is 2. The highest BCUT2D eigenvalue weighted by Gasteiger charge is 2.28. The predicted octanol–water partition coefficient (Wildman–Crippen LogP) is 3.85. The molecule has 8 nitrogen and oxygen atoms in total. The summed E-state index contributed by atoms with van der Waals surface area (Å²) < 4.78 is 10.8. The van der Waals surface area contributed by atoms with Gasteiger partial charge in [-0.1, -0.05) is 6.07 Å². The first-order valence-corrected chi connectivity index (χ1v) is 10.6. The van der Waals surface area contributed by atoms with Crippen LogP contribution in [0.3, 0.4) is 0 Å². The van der Waals surface area contributed by atoms with Crippen molar-refractivity contribution in [2.45, 2.75) is 12.8 Å². The number of hydrogen-bond acceptors (Lipinski definition) is 7. The van der Waals surface area contributed by atoms with Gasteiger partial charge in [0.1, 0.15) is 6.07 Å². The molecule has 2 aromatic carbocycles. The van der Waals surface area contributed by atoms with E-state index < -0.39 is 0 Å². The molecule has 1 N–H and O–H groups in total. The summed E-state index contributed by atoms with van der Waals surface area (Å²) >= 11 is 0. The maximum atomic E-state index is 12.8. The third-order valence-corrected chi connectivity index (χ3v) is 5.91. The van der Waals surface area contributed by atoms with Crippen LogP contribution in [0.25, 0.3) is 10.9 Å². The Balaban J connectivity index is 1.55. The van der Waals surface area contributed by atoms with Gasteiger partial charge in [-0.25, -0.2) is 0 Å². The van der Waals surface area contributed by atoms with E-state index in [1.54, 1.807) is 50.7 Å². The highest BCUT2D eigenvalue weighted by atomic mass is 16.5. The number of rotatable bonds is 5. The quantitative estimate of drug-likeness (QED) is 0.640. The number of pyridine rings is 1. The lowest BCUT2D eigenvalue weighted by molar-refractivity contribution is -0.120. The van der Waals surface area contributed by atoms with Gasteiger partial charge in [0.05, 0.1) is 42.6 Å². The smallest absolute Gasteiger partial charge is 0.227 e. The number of nitriles is 2. The lowest BCUT2D eigenvalue weighted by atomic mass is 9.94. The fourth-order valence-corrected chi connectivity index (χ4v) is 4.20. The lowest BCUT2D eigenvalue weighted by Gasteiger charge is -2.34. The number of piperidine rings is 1. The number of ether oxygens (including phenoxy) is 2. The number of methoxy groups -OCH3 is 2. The molecule has 1 aliphatic heterocycles. The molecule has 0 radical (unpaired) electrons. The van der Waals surface area contributed by atoms with Crippen molar-refractivity contribution in [2.24, 2.45) is 5.92 Å². The van der Waals surface area contributed by atoms with Gasteiger partial charge >= 0.3 is 0 Å². The monoisotopic (exact) mass is 441 g/mol. The van der Waals surface area contributed by atoms with Gasteiger partial charge in [0.25, 0.3) is 0 Å². The highest BCUT2D eigenvalue weighted by Crippen LogP contribution is 2.38. The molecule has 166 valence electrons. The summed E-state index contributed by atoms with van der Waals surface area (Å²) in [5.74, 6) is 0.928. The third kappa shape index (κ3) is 4.37. The maximum Gasteiger partial charge on any atom is 0.227 e. The summed E-state index contributed by atoms with van der Waals surface area (Å²) in [6, 6.07) is 14.9. The molecule has 8 heteroatoms. The molecular formula is C25H23N5O3. The number of carbonyl (C=O) groups excluding carboxylic acids is 1. The number of fused-ring (bicyclic) bond motifs is 1.